The van der Waals surface area contributed by atoms with Crippen LogP contribution in [-0.4, -0.2) is 65.7 Å². The minimum Gasteiger partial charge on any atom is -0.479 e. The van der Waals surface area contributed by atoms with Crippen LogP contribution >= 0.6 is 0 Å². The average molecular weight is 446 g/mol. The van der Waals surface area contributed by atoms with Gasteiger partial charge in [-0.2, -0.15) is 9.97 Å². The smallest absolute Gasteiger partial charge is 0.245 e. The molecule has 1 atom stereocenters. The minimum absolute atomic E-state index is 0.00386. The molecule has 31 heavy (non-hydrogen) atoms. The van der Waals surface area contributed by atoms with E-state index in [1.54, 1.807) is 0 Å². The molecule has 164 valence electrons. The summed E-state index contributed by atoms with van der Waals surface area (Å²) in [6.07, 6.45) is 2.63. The van der Waals surface area contributed by atoms with Crippen LogP contribution in [0.1, 0.15) is 12.8 Å². The molecule has 3 aromatic rings. The average Bonchev–Trinajstić information content (AvgIpc) is 3.21. The SMILES string of the molecule is COc1ncnc(OC)c1-n1c(NS(=O)(=O)[C@H]2CCCNC2)nnc1-c1ccccc1. The zero-order valence-electron chi connectivity index (χ0n) is 17.1. The number of methoxy groups -OCH3 is 2. The lowest BCUT2D eigenvalue weighted by molar-refractivity contribution is 0.368. The summed E-state index contributed by atoms with van der Waals surface area (Å²) in [6, 6.07) is 9.25. The van der Waals surface area contributed by atoms with E-state index in [4.69, 9.17) is 9.47 Å². The topological polar surface area (TPSA) is 133 Å². The predicted molar refractivity (Wildman–Crippen MR) is 114 cm³/mol. The third-order valence-corrected chi connectivity index (χ3v) is 6.73. The lowest BCUT2D eigenvalue weighted by atomic mass is 10.2. The largest absolute Gasteiger partial charge is 0.479 e. The van der Waals surface area contributed by atoms with Crippen molar-refractivity contribution in [1.82, 2.24) is 30.0 Å². The van der Waals surface area contributed by atoms with E-state index in [1.165, 1.54) is 25.1 Å². The maximum absolute atomic E-state index is 13.1. The van der Waals surface area contributed by atoms with Crippen molar-refractivity contribution in [2.75, 3.05) is 32.0 Å². The third-order valence-electron chi connectivity index (χ3n) is 4.98. The molecule has 0 radical (unpaired) electrons. The van der Waals surface area contributed by atoms with Crippen molar-refractivity contribution in [3.8, 4) is 28.8 Å². The molecule has 1 aromatic carbocycles. The van der Waals surface area contributed by atoms with Crippen LogP contribution in [0.2, 0.25) is 0 Å². The van der Waals surface area contributed by atoms with E-state index in [0.29, 0.717) is 24.4 Å². The number of benzene rings is 1. The molecule has 2 N–H and O–H groups in total. The number of nitrogens with one attached hydrogen (secondary N) is 2. The Labute approximate surface area is 179 Å². The summed E-state index contributed by atoms with van der Waals surface area (Å²) in [7, 11) is -0.826. The lowest BCUT2D eigenvalue weighted by Gasteiger charge is -2.23. The van der Waals surface area contributed by atoms with Crippen LogP contribution in [0.25, 0.3) is 17.1 Å². The van der Waals surface area contributed by atoms with Crippen molar-refractivity contribution in [2.45, 2.75) is 18.1 Å². The van der Waals surface area contributed by atoms with Crippen LogP contribution < -0.4 is 19.5 Å². The fourth-order valence-corrected chi connectivity index (χ4v) is 4.84. The van der Waals surface area contributed by atoms with Crippen LogP contribution in [0.3, 0.4) is 0 Å². The third kappa shape index (κ3) is 4.16. The van der Waals surface area contributed by atoms with Gasteiger partial charge in [-0.05, 0) is 19.4 Å². The number of anilines is 1. The highest BCUT2D eigenvalue weighted by Gasteiger charge is 2.31. The number of nitrogens with zero attached hydrogens (tertiary/aromatic N) is 5. The highest BCUT2D eigenvalue weighted by molar-refractivity contribution is 7.93. The molecule has 0 unspecified atom stereocenters. The maximum Gasteiger partial charge on any atom is 0.245 e. The summed E-state index contributed by atoms with van der Waals surface area (Å²) in [5.74, 6) is 0.745. The number of hydrogen-bond acceptors (Lipinski definition) is 9. The normalized spacial score (nSPS) is 16.6. The van der Waals surface area contributed by atoms with Gasteiger partial charge in [0.25, 0.3) is 0 Å². The highest BCUT2D eigenvalue weighted by atomic mass is 32.2. The van der Waals surface area contributed by atoms with Crippen LogP contribution in [0.5, 0.6) is 11.8 Å². The van der Waals surface area contributed by atoms with Gasteiger partial charge in [0.05, 0.1) is 19.5 Å². The monoisotopic (exact) mass is 445 g/mol. The van der Waals surface area contributed by atoms with Gasteiger partial charge < -0.3 is 14.8 Å². The van der Waals surface area contributed by atoms with Crippen LogP contribution in [0, 0.1) is 0 Å². The molecule has 1 saturated heterocycles. The summed E-state index contributed by atoms with van der Waals surface area (Å²) in [5, 5.41) is 10.9. The highest BCUT2D eigenvalue weighted by Crippen LogP contribution is 2.35. The molecular weight excluding hydrogens is 422 g/mol. The van der Waals surface area contributed by atoms with Crippen molar-refractivity contribution in [3.63, 3.8) is 0 Å². The van der Waals surface area contributed by atoms with Crippen molar-refractivity contribution >= 4 is 16.0 Å². The summed E-state index contributed by atoms with van der Waals surface area (Å²) in [4.78, 5) is 8.29. The van der Waals surface area contributed by atoms with E-state index in [9.17, 15) is 8.42 Å². The second kappa shape index (κ2) is 8.86. The number of aromatic nitrogens is 5. The molecule has 0 amide bonds. The Balaban J connectivity index is 1.88. The molecule has 0 bridgehead atoms. The number of rotatable bonds is 7. The first-order valence-corrected chi connectivity index (χ1v) is 11.3. The first-order valence-electron chi connectivity index (χ1n) is 9.71. The molecule has 12 heteroatoms. The Morgan fingerprint density at radius 2 is 1.81 bits per heavy atom. The van der Waals surface area contributed by atoms with E-state index < -0.39 is 15.3 Å². The molecular formula is C19H23N7O4S. The van der Waals surface area contributed by atoms with Gasteiger partial charge in [-0.1, -0.05) is 30.3 Å². The number of ether oxygens (including phenoxy) is 2. The second-order valence-electron chi connectivity index (χ2n) is 6.90. The summed E-state index contributed by atoms with van der Waals surface area (Å²) >= 11 is 0. The lowest BCUT2D eigenvalue weighted by Crippen LogP contribution is -2.41. The van der Waals surface area contributed by atoms with Gasteiger partial charge in [0, 0.05) is 12.1 Å². The van der Waals surface area contributed by atoms with E-state index in [0.717, 1.165) is 13.0 Å². The van der Waals surface area contributed by atoms with Crippen molar-refractivity contribution in [1.29, 1.82) is 0 Å². The van der Waals surface area contributed by atoms with Gasteiger partial charge in [-0.15, -0.1) is 10.2 Å². The van der Waals surface area contributed by atoms with Gasteiger partial charge >= 0.3 is 0 Å². The predicted octanol–water partition coefficient (Wildman–Crippen LogP) is 1.24. The van der Waals surface area contributed by atoms with Crippen LogP contribution in [-0.2, 0) is 10.0 Å². The van der Waals surface area contributed by atoms with Gasteiger partial charge in [0.2, 0.25) is 27.7 Å². The molecule has 4 rings (SSSR count). The molecule has 1 fully saturated rings. The van der Waals surface area contributed by atoms with E-state index >= 15 is 0 Å². The Morgan fingerprint density at radius 3 is 2.42 bits per heavy atom. The van der Waals surface area contributed by atoms with Crippen molar-refractivity contribution in [3.05, 3.63) is 36.7 Å². The molecule has 0 spiro atoms. The fourth-order valence-electron chi connectivity index (χ4n) is 3.47. The van der Waals surface area contributed by atoms with E-state index in [-0.39, 0.29) is 23.4 Å². The van der Waals surface area contributed by atoms with Gasteiger partial charge in [-0.3, -0.25) is 9.29 Å². The van der Waals surface area contributed by atoms with E-state index in [1.807, 2.05) is 30.3 Å². The Morgan fingerprint density at radius 1 is 1.10 bits per heavy atom. The molecule has 1 aliphatic rings. The van der Waals surface area contributed by atoms with Crippen LogP contribution in [0.4, 0.5) is 5.95 Å². The fraction of sp³-hybridized carbons (Fsp3) is 0.368. The Kier molecular flexibility index (Phi) is 6.00. The van der Waals surface area contributed by atoms with Gasteiger partial charge in [0.1, 0.15) is 6.33 Å². The quantitative estimate of drug-likeness (QED) is 0.551. The number of sulfonamides is 1. The molecule has 11 nitrogen and oxygen atoms in total. The summed E-state index contributed by atoms with van der Waals surface area (Å²) in [6.45, 7) is 1.17. The van der Waals surface area contributed by atoms with Crippen molar-refractivity contribution in [2.24, 2.45) is 0 Å². The van der Waals surface area contributed by atoms with Crippen LogP contribution in [0.15, 0.2) is 36.7 Å². The zero-order valence-corrected chi connectivity index (χ0v) is 18.0. The Hall–Kier alpha value is -3.25. The molecule has 2 aromatic heterocycles. The number of piperidine rings is 1. The van der Waals surface area contributed by atoms with Gasteiger partial charge in [-0.25, -0.2) is 8.42 Å². The van der Waals surface area contributed by atoms with Crippen molar-refractivity contribution < 1.29 is 17.9 Å². The van der Waals surface area contributed by atoms with Gasteiger partial charge in [0.15, 0.2) is 11.5 Å². The molecule has 1 aliphatic heterocycles. The molecule has 3 heterocycles. The molecule has 0 aliphatic carbocycles. The maximum atomic E-state index is 13.1. The second-order valence-corrected chi connectivity index (χ2v) is 8.87. The summed E-state index contributed by atoms with van der Waals surface area (Å²) < 4.78 is 41.1. The Bertz CT molecular complexity index is 1120. The number of hydrogen-bond donors (Lipinski definition) is 2. The first-order chi connectivity index (χ1) is 15.0. The zero-order chi connectivity index (χ0) is 21.8. The minimum atomic E-state index is -3.73. The van der Waals surface area contributed by atoms with E-state index in [2.05, 4.69) is 30.2 Å². The molecule has 0 saturated carbocycles. The standard InChI is InChI=1S/C19H23N7O4S/c1-29-17-15(18(30-2)22-12-21-17)26-16(13-7-4-3-5-8-13)23-24-19(26)25-31(27,28)14-9-6-10-20-11-14/h3-5,7-8,12,14,20H,6,9-11H2,1-2H3,(H,24,25)/t14-/m0/s1. The first kappa shape index (κ1) is 21.0. The summed E-state index contributed by atoms with van der Waals surface area (Å²) in [5.41, 5.74) is 1.00.